The summed E-state index contributed by atoms with van der Waals surface area (Å²) in [4.78, 5) is 29.4. The Labute approximate surface area is 190 Å². The first-order chi connectivity index (χ1) is 15.6. The molecule has 1 saturated carbocycles. The molecule has 0 bridgehead atoms. The number of ether oxygens (including phenoxy) is 1. The summed E-state index contributed by atoms with van der Waals surface area (Å²) in [5.41, 5.74) is 0.627. The second kappa shape index (κ2) is 11.2. The molecule has 1 aliphatic carbocycles. The van der Waals surface area contributed by atoms with Gasteiger partial charge in [-0.25, -0.2) is 9.18 Å². The number of hydrogen-bond donors (Lipinski definition) is 1. The number of ketones is 1. The lowest BCUT2D eigenvalue weighted by Gasteiger charge is -2.35. The fourth-order valence-corrected chi connectivity index (χ4v) is 5.26. The molecule has 32 heavy (non-hydrogen) atoms. The van der Waals surface area contributed by atoms with Crippen LogP contribution in [0.5, 0.6) is 0 Å². The van der Waals surface area contributed by atoms with Gasteiger partial charge in [-0.2, -0.15) is 0 Å². The van der Waals surface area contributed by atoms with Crippen LogP contribution in [0.2, 0.25) is 0 Å². The van der Waals surface area contributed by atoms with Gasteiger partial charge in [0.25, 0.3) is 0 Å². The van der Waals surface area contributed by atoms with Gasteiger partial charge in [0, 0.05) is 30.6 Å². The van der Waals surface area contributed by atoms with Crippen LogP contribution in [0.3, 0.4) is 0 Å². The predicted octanol–water partition coefficient (Wildman–Crippen LogP) is 3.71. The minimum atomic E-state index is -0.301. The van der Waals surface area contributed by atoms with Crippen molar-refractivity contribution in [2.45, 2.75) is 51.0 Å². The summed E-state index contributed by atoms with van der Waals surface area (Å²) in [5.74, 6) is 0.638. The molecule has 4 rings (SSSR count). The van der Waals surface area contributed by atoms with Crippen molar-refractivity contribution in [3.63, 3.8) is 0 Å². The Balaban J connectivity index is 1.11. The minimum Gasteiger partial charge on any atom is -0.378 e. The van der Waals surface area contributed by atoms with Crippen LogP contribution in [0.15, 0.2) is 24.3 Å². The Morgan fingerprint density at radius 2 is 1.59 bits per heavy atom. The highest BCUT2D eigenvalue weighted by atomic mass is 19.1. The van der Waals surface area contributed by atoms with Gasteiger partial charge >= 0.3 is 6.03 Å². The fourth-order valence-electron chi connectivity index (χ4n) is 5.26. The van der Waals surface area contributed by atoms with E-state index in [4.69, 9.17) is 4.74 Å². The first-order valence-electron chi connectivity index (χ1n) is 12.2. The summed E-state index contributed by atoms with van der Waals surface area (Å²) < 4.78 is 18.4. The zero-order valence-electron chi connectivity index (χ0n) is 18.9. The lowest BCUT2D eigenvalue weighted by molar-refractivity contribution is 0.0519. The van der Waals surface area contributed by atoms with Crippen LogP contribution in [-0.4, -0.2) is 73.6 Å². The van der Waals surface area contributed by atoms with Crippen molar-refractivity contribution >= 4 is 11.8 Å². The van der Waals surface area contributed by atoms with Crippen molar-refractivity contribution in [1.82, 2.24) is 15.1 Å². The summed E-state index contributed by atoms with van der Waals surface area (Å²) in [6.07, 6.45) is 7.44. The Bertz CT molecular complexity index is 750. The summed E-state index contributed by atoms with van der Waals surface area (Å²) in [6, 6.07) is 6.30. The Morgan fingerprint density at radius 1 is 0.938 bits per heavy atom. The molecule has 1 aromatic rings. The van der Waals surface area contributed by atoms with Crippen LogP contribution in [0.25, 0.3) is 0 Å². The predicted molar refractivity (Wildman–Crippen MR) is 121 cm³/mol. The molecule has 0 atom stereocenters. The molecule has 2 aliphatic heterocycles. The molecule has 1 N–H and O–H groups in total. The van der Waals surface area contributed by atoms with Crippen LogP contribution in [0.1, 0.15) is 55.3 Å². The van der Waals surface area contributed by atoms with E-state index in [-0.39, 0.29) is 23.5 Å². The quantitative estimate of drug-likeness (QED) is 0.678. The van der Waals surface area contributed by atoms with E-state index in [0.29, 0.717) is 37.9 Å². The number of urea groups is 1. The third-order valence-electron chi connectivity index (χ3n) is 7.41. The normalized spacial score (nSPS) is 25.5. The van der Waals surface area contributed by atoms with E-state index in [9.17, 15) is 14.0 Å². The van der Waals surface area contributed by atoms with Gasteiger partial charge in [-0.15, -0.1) is 0 Å². The number of benzene rings is 1. The lowest BCUT2D eigenvalue weighted by atomic mass is 9.83. The highest BCUT2D eigenvalue weighted by molar-refractivity contribution is 5.97. The number of morpholine rings is 1. The first kappa shape index (κ1) is 23.2. The molecule has 176 valence electrons. The topological polar surface area (TPSA) is 61.9 Å². The van der Waals surface area contributed by atoms with Crippen LogP contribution in [-0.2, 0) is 4.74 Å². The lowest BCUT2D eigenvalue weighted by Crippen LogP contribution is -2.49. The number of Topliss-reactive ketones (excluding diaryl/α,β-unsaturated/α-hetero) is 1. The third kappa shape index (κ3) is 6.29. The highest BCUT2D eigenvalue weighted by Gasteiger charge is 2.28. The third-order valence-corrected chi connectivity index (χ3v) is 7.41. The van der Waals surface area contributed by atoms with E-state index in [1.54, 1.807) is 12.1 Å². The van der Waals surface area contributed by atoms with E-state index in [2.05, 4.69) is 10.2 Å². The standard InChI is InChI=1S/C25H36FN3O3/c26-22-5-3-20(4-6-22)24(30)21-10-13-28(14-11-21)12-9-19-1-7-23(8-2-19)27-25(31)29-15-17-32-18-16-29/h3-6,19,21,23H,1-2,7-18H2,(H,27,31). The van der Waals surface area contributed by atoms with Crippen LogP contribution in [0.4, 0.5) is 9.18 Å². The largest absolute Gasteiger partial charge is 0.378 e. The average molecular weight is 446 g/mol. The highest BCUT2D eigenvalue weighted by Crippen LogP contribution is 2.28. The molecule has 2 saturated heterocycles. The maximum absolute atomic E-state index is 13.1. The number of nitrogens with one attached hydrogen (secondary N) is 1. The molecule has 0 radical (unpaired) electrons. The Kier molecular flexibility index (Phi) is 8.14. The molecule has 7 heteroatoms. The Hall–Kier alpha value is -1.99. The molecule has 2 amide bonds. The second-order valence-corrected chi connectivity index (χ2v) is 9.54. The van der Waals surface area contributed by atoms with E-state index in [0.717, 1.165) is 51.2 Å². The molecule has 0 unspecified atom stereocenters. The average Bonchev–Trinajstić information content (AvgIpc) is 2.84. The molecule has 0 aromatic heterocycles. The number of halogens is 1. The minimum absolute atomic E-state index is 0.0576. The molecule has 3 aliphatic rings. The summed E-state index contributed by atoms with van der Waals surface area (Å²) in [6.45, 7) is 5.66. The van der Waals surface area contributed by atoms with E-state index in [1.807, 2.05) is 4.90 Å². The van der Waals surface area contributed by atoms with Crippen molar-refractivity contribution in [3.05, 3.63) is 35.6 Å². The van der Waals surface area contributed by atoms with Gasteiger partial charge in [0.1, 0.15) is 5.82 Å². The number of carbonyl (C=O) groups is 2. The number of nitrogens with zero attached hydrogens (tertiary/aromatic N) is 2. The van der Waals surface area contributed by atoms with E-state index < -0.39 is 0 Å². The molecule has 0 spiro atoms. The van der Waals surface area contributed by atoms with E-state index >= 15 is 0 Å². The SMILES string of the molecule is O=C(c1ccc(F)cc1)C1CCN(CCC2CCC(NC(=O)N3CCOCC3)CC2)CC1. The van der Waals surface area contributed by atoms with Crippen LogP contribution < -0.4 is 5.32 Å². The van der Waals surface area contributed by atoms with Gasteiger partial charge in [0.15, 0.2) is 5.78 Å². The number of amides is 2. The Morgan fingerprint density at radius 3 is 2.25 bits per heavy atom. The molecule has 2 heterocycles. The van der Waals surface area contributed by atoms with Crippen molar-refractivity contribution in [2.75, 3.05) is 45.9 Å². The van der Waals surface area contributed by atoms with Crippen molar-refractivity contribution in [3.8, 4) is 0 Å². The maximum Gasteiger partial charge on any atom is 0.317 e. The summed E-state index contributed by atoms with van der Waals surface area (Å²) in [5, 5.41) is 3.21. The second-order valence-electron chi connectivity index (χ2n) is 9.54. The van der Waals surface area contributed by atoms with Crippen molar-refractivity contribution < 1.29 is 18.7 Å². The number of carbonyl (C=O) groups excluding carboxylic acids is 2. The molecular weight excluding hydrogens is 409 g/mol. The number of rotatable bonds is 6. The maximum atomic E-state index is 13.1. The molecule has 1 aromatic carbocycles. The van der Waals surface area contributed by atoms with Crippen molar-refractivity contribution in [1.29, 1.82) is 0 Å². The molecular formula is C25H36FN3O3. The monoisotopic (exact) mass is 445 g/mol. The smallest absolute Gasteiger partial charge is 0.317 e. The van der Waals surface area contributed by atoms with Gasteiger partial charge in [0.05, 0.1) is 13.2 Å². The fraction of sp³-hybridized carbons (Fsp3) is 0.680. The molecule has 6 nitrogen and oxygen atoms in total. The summed E-state index contributed by atoms with van der Waals surface area (Å²) >= 11 is 0. The van der Waals surface area contributed by atoms with Gasteiger partial charge in [-0.3, -0.25) is 4.79 Å². The number of piperidine rings is 1. The van der Waals surface area contributed by atoms with Crippen LogP contribution >= 0.6 is 0 Å². The van der Waals surface area contributed by atoms with Gasteiger partial charge in [-0.05, 0) is 94.8 Å². The zero-order chi connectivity index (χ0) is 22.3. The summed E-state index contributed by atoms with van der Waals surface area (Å²) in [7, 11) is 0. The van der Waals surface area contributed by atoms with E-state index in [1.165, 1.54) is 31.4 Å². The van der Waals surface area contributed by atoms with Crippen molar-refractivity contribution in [2.24, 2.45) is 11.8 Å². The van der Waals surface area contributed by atoms with Gasteiger partial charge in [-0.1, -0.05) is 0 Å². The van der Waals surface area contributed by atoms with Gasteiger partial charge < -0.3 is 19.9 Å². The first-order valence-corrected chi connectivity index (χ1v) is 12.2. The van der Waals surface area contributed by atoms with Crippen LogP contribution in [0, 0.1) is 17.7 Å². The number of likely N-dealkylation sites (tertiary alicyclic amines) is 1. The zero-order valence-corrected chi connectivity index (χ0v) is 18.9. The van der Waals surface area contributed by atoms with Gasteiger partial charge in [0.2, 0.25) is 0 Å². The molecule has 3 fully saturated rings. The number of hydrogen-bond acceptors (Lipinski definition) is 4.